The van der Waals surface area contributed by atoms with Crippen molar-refractivity contribution in [3.63, 3.8) is 0 Å². The van der Waals surface area contributed by atoms with E-state index in [2.05, 4.69) is 14.8 Å². The zero-order valence-corrected chi connectivity index (χ0v) is 18.3. The average Bonchev–Trinajstić information content (AvgIpc) is 3.34. The van der Waals surface area contributed by atoms with Gasteiger partial charge in [0.1, 0.15) is 16.8 Å². The smallest absolute Gasteiger partial charge is 0.275 e. The van der Waals surface area contributed by atoms with Gasteiger partial charge in [0, 0.05) is 30.1 Å². The molecule has 0 amide bonds. The summed E-state index contributed by atoms with van der Waals surface area (Å²) < 4.78 is 16.9. The number of aliphatic hydroxyl groups is 1. The highest BCUT2D eigenvalue weighted by molar-refractivity contribution is 7.18. The number of anilines is 1. The Morgan fingerprint density at radius 3 is 2.83 bits per heavy atom. The number of thiophene rings is 1. The maximum atomic E-state index is 14.9. The number of aryl methyl sites for hydroxylation is 1. The van der Waals surface area contributed by atoms with Crippen molar-refractivity contribution >= 4 is 27.2 Å². The van der Waals surface area contributed by atoms with Crippen LogP contribution in [-0.2, 0) is 6.42 Å². The molecule has 1 aliphatic heterocycles. The molecule has 4 rings (SSSR count). The topological polar surface area (TPSA) is 61.6 Å². The number of hydrogen-bond donors (Lipinski definition) is 1. The molecule has 8 heteroatoms. The molecule has 0 radical (unpaired) electrons. The third kappa shape index (κ3) is 4.12. The van der Waals surface area contributed by atoms with E-state index in [0.29, 0.717) is 40.5 Å². The number of aliphatic hydroxyl groups excluding tert-OH is 1. The van der Waals surface area contributed by atoms with E-state index in [1.54, 1.807) is 19.1 Å². The largest absolute Gasteiger partial charge is 0.393 e. The molecule has 0 saturated carbocycles. The van der Waals surface area contributed by atoms with Crippen LogP contribution in [-0.4, -0.2) is 58.9 Å². The van der Waals surface area contributed by atoms with Crippen molar-refractivity contribution in [1.82, 2.24) is 14.5 Å². The molecule has 3 aromatic rings. The molecule has 2 atom stereocenters. The van der Waals surface area contributed by atoms with Crippen LogP contribution in [0.15, 0.2) is 35.4 Å². The first kappa shape index (κ1) is 21.0. The van der Waals surface area contributed by atoms with Crippen molar-refractivity contribution < 1.29 is 9.50 Å². The Morgan fingerprint density at radius 1 is 1.37 bits per heavy atom. The monoisotopic (exact) mass is 430 g/mol. The fraction of sp³-hybridized carbons (Fsp3) is 0.455. The Bertz CT molecular complexity index is 1110. The van der Waals surface area contributed by atoms with E-state index in [4.69, 9.17) is 0 Å². The van der Waals surface area contributed by atoms with Crippen LogP contribution in [0.25, 0.3) is 15.9 Å². The van der Waals surface area contributed by atoms with E-state index < -0.39 is 0 Å². The van der Waals surface area contributed by atoms with Crippen LogP contribution in [0.3, 0.4) is 0 Å². The molecule has 1 N–H and O–H groups in total. The highest BCUT2D eigenvalue weighted by Crippen LogP contribution is 2.27. The highest BCUT2D eigenvalue weighted by Gasteiger charge is 2.26. The van der Waals surface area contributed by atoms with Crippen molar-refractivity contribution in [2.45, 2.75) is 38.3 Å². The van der Waals surface area contributed by atoms with Crippen LogP contribution >= 0.6 is 11.3 Å². The number of fused-ring (bicyclic) bond motifs is 1. The molecule has 160 valence electrons. The zero-order chi connectivity index (χ0) is 21.4. The standard InChI is InChI=1S/C22H27FN4O2S/c1-14(28)4-6-17-11-19-21(30-17)22(29)27(13-24-19)15-5-7-20(18(23)10-15)26-9-8-16(12-26)25(2)3/h5,7,10-11,13-14,16,28H,4,6,8-9,12H2,1-3H3/t14?,16-/m1/s1. The van der Waals surface area contributed by atoms with Gasteiger partial charge in [-0.15, -0.1) is 11.3 Å². The van der Waals surface area contributed by atoms with Gasteiger partial charge in [0.05, 0.1) is 23.0 Å². The van der Waals surface area contributed by atoms with Crippen LogP contribution < -0.4 is 10.5 Å². The van der Waals surface area contributed by atoms with E-state index in [-0.39, 0.29) is 17.5 Å². The zero-order valence-electron chi connectivity index (χ0n) is 17.5. The van der Waals surface area contributed by atoms with Gasteiger partial charge in [-0.25, -0.2) is 9.37 Å². The second-order valence-electron chi connectivity index (χ2n) is 8.22. The summed E-state index contributed by atoms with van der Waals surface area (Å²) in [6.07, 6.45) is 3.42. The SMILES string of the molecule is CC(O)CCc1cc2ncn(-c3ccc(N4CC[C@@H](N(C)C)C4)c(F)c3)c(=O)c2s1. The predicted molar refractivity (Wildman–Crippen MR) is 119 cm³/mol. The molecule has 3 heterocycles. The number of hydrogen-bond acceptors (Lipinski definition) is 6. The van der Waals surface area contributed by atoms with E-state index in [1.165, 1.54) is 28.3 Å². The van der Waals surface area contributed by atoms with Gasteiger partial charge in [-0.05, 0) is 58.5 Å². The van der Waals surface area contributed by atoms with Gasteiger partial charge in [-0.2, -0.15) is 0 Å². The first-order valence-corrected chi connectivity index (χ1v) is 11.0. The predicted octanol–water partition coefficient (Wildman–Crippen LogP) is 3.04. The van der Waals surface area contributed by atoms with E-state index >= 15 is 0 Å². The van der Waals surface area contributed by atoms with Crippen LogP contribution in [0, 0.1) is 5.82 Å². The third-order valence-electron chi connectivity index (χ3n) is 5.74. The number of benzene rings is 1. The van der Waals surface area contributed by atoms with Crippen molar-refractivity contribution in [3.8, 4) is 5.69 Å². The van der Waals surface area contributed by atoms with Gasteiger partial charge in [0.2, 0.25) is 0 Å². The molecule has 2 aromatic heterocycles. The summed E-state index contributed by atoms with van der Waals surface area (Å²) in [4.78, 5) is 22.6. The lowest BCUT2D eigenvalue weighted by Gasteiger charge is -2.22. The summed E-state index contributed by atoms with van der Waals surface area (Å²) in [7, 11) is 4.09. The molecule has 0 bridgehead atoms. The van der Waals surface area contributed by atoms with Gasteiger partial charge in [0.25, 0.3) is 5.56 Å². The van der Waals surface area contributed by atoms with Gasteiger partial charge >= 0.3 is 0 Å². The first-order chi connectivity index (χ1) is 14.3. The summed E-state index contributed by atoms with van der Waals surface area (Å²) in [5.41, 5.74) is 1.49. The lowest BCUT2D eigenvalue weighted by molar-refractivity contribution is 0.185. The van der Waals surface area contributed by atoms with Crippen LogP contribution in [0.1, 0.15) is 24.6 Å². The number of nitrogens with zero attached hydrogens (tertiary/aromatic N) is 4. The Labute approximate surface area is 179 Å². The Morgan fingerprint density at radius 2 is 2.17 bits per heavy atom. The van der Waals surface area contributed by atoms with E-state index in [1.807, 2.05) is 20.2 Å². The summed E-state index contributed by atoms with van der Waals surface area (Å²) in [5.74, 6) is -0.331. The number of rotatable bonds is 6. The van der Waals surface area contributed by atoms with Crippen molar-refractivity contribution in [2.24, 2.45) is 0 Å². The molecule has 0 aliphatic carbocycles. The van der Waals surface area contributed by atoms with Crippen LogP contribution in [0.2, 0.25) is 0 Å². The third-order valence-corrected chi connectivity index (χ3v) is 6.91. The second-order valence-corrected chi connectivity index (χ2v) is 9.36. The molecule has 30 heavy (non-hydrogen) atoms. The quantitative estimate of drug-likeness (QED) is 0.651. The fourth-order valence-electron chi connectivity index (χ4n) is 3.90. The first-order valence-electron chi connectivity index (χ1n) is 10.2. The average molecular weight is 431 g/mol. The van der Waals surface area contributed by atoms with Crippen molar-refractivity contribution in [3.05, 3.63) is 51.6 Å². The van der Waals surface area contributed by atoms with Gasteiger partial charge in [-0.3, -0.25) is 9.36 Å². The van der Waals surface area contributed by atoms with Crippen molar-refractivity contribution in [1.29, 1.82) is 0 Å². The lowest BCUT2D eigenvalue weighted by Crippen LogP contribution is -2.31. The molecule has 1 aromatic carbocycles. The minimum absolute atomic E-state index is 0.200. The van der Waals surface area contributed by atoms with Gasteiger partial charge in [0.15, 0.2) is 0 Å². The molecular formula is C22H27FN4O2S. The van der Waals surface area contributed by atoms with Gasteiger partial charge in [-0.1, -0.05) is 0 Å². The maximum Gasteiger partial charge on any atom is 0.275 e. The van der Waals surface area contributed by atoms with Crippen LogP contribution in [0.4, 0.5) is 10.1 Å². The van der Waals surface area contributed by atoms with Crippen molar-refractivity contribution in [2.75, 3.05) is 32.1 Å². The molecule has 1 saturated heterocycles. The Kier molecular flexibility index (Phi) is 5.90. The minimum Gasteiger partial charge on any atom is -0.393 e. The second kappa shape index (κ2) is 8.45. The number of aromatic nitrogens is 2. The summed E-state index contributed by atoms with van der Waals surface area (Å²) in [6.45, 7) is 3.36. The summed E-state index contributed by atoms with van der Waals surface area (Å²) >= 11 is 1.39. The molecule has 1 fully saturated rings. The number of halogens is 1. The van der Waals surface area contributed by atoms with Crippen LogP contribution in [0.5, 0.6) is 0 Å². The minimum atomic E-state index is -0.384. The summed E-state index contributed by atoms with van der Waals surface area (Å²) in [6, 6.07) is 7.25. The van der Waals surface area contributed by atoms with E-state index in [0.717, 1.165) is 24.4 Å². The molecular weight excluding hydrogens is 403 g/mol. The van der Waals surface area contributed by atoms with Gasteiger partial charge < -0.3 is 14.9 Å². The Hall–Kier alpha value is -2.29. The maximum absolute atomic E-state index is 14.9. The molecule has 1 unspecified atom stereocenters. The summed E-state index contributed by atoms with van der Waals surface area (Å²) in [5, 5.41) is 9.49. The fourth-order valence-corrected chi connectivity index (χ4v) is 4.96. The lowest BCUT2D eigenvalue weighted by atomic mass is 10.2. The molecule has 1 aliphatic rings. The molecule has 0 spiro atoms. The number of likely N-dealkylation sites (N-methyl/N-ethyl adjacent to an activating group) is 1. The normalized spacial score (nSPS) is 17.9. The Balaban J connectivity index is 1.61. The van der Waals surface area contributed by atoms with E-state index in [9.17, 15) is 14.3 Å². The highest BCUT2D eigenvalue weighted by atomic mass is 32.1. The molecule has 6 nitrogen and oxygen atoms in total.